The number of rotatable bonds is 15. The second-order valence-corrected chi connectivity index (χ2v) is 15.5. The second-order valence-electron chi connectivity index (χ2n) is 15.5. The molecule has 0 bridgehead atoms. The maximum atomic E-state index is 14.8. The number of piperidine rings is 1. The van der Waals surface area contributed by atoms with Gasteiger partial charge in [-0.1, -0.05) is 76.4 Å². The summed E-state index contributed by atoms with van der Waals surface area (Å²) in [6.45, 7) is 12.7. The zero-order chi connectivity index (χ0) is 40.5. The highest BCUT2D eigenvalue weighted by Gasteiger charge is 2.47. The summed E-state index contributed by atoms with van der Waals surface area (Å²) in [5, 5.41) is 15.0. The number of halogens is 4. The van der Waals surface area contributed by atoms with Crippen molar-refractivity contribution in [3.05, 3.63) is 76.1 Å². The summed E-state index contributed by atoms with van der Waals surface area (Å²) in [5.74, 6) is -3.22. The number of hydrogen-bond acceptors (Lipinski definition) is 5. The third-order valence-electron chi connectivity index (χ3n) is 11.6. The molecule has 2 unspecified atom stereocenters. The normalized spacial score (nSPS) is 20.2. The van der Waals surface area contributed by atoms with Crippen LogP contribution in [0.1, 0.15) is 102 Å². The van der Waals surface area contributed by atoms with Gasteiger partial charge < -0.3 is 26.6 Å². The van der Waals surface area contributed by atoms with E-state index in [4.69, 9.17) is 0 Å². The summed E-state index contributed by atoms with van der Waals surface area (Å²) in [6.07, 6.45) is -1.87. The number of nitrogens with one attached hydrogen (secondary N) is 5. The van der Waals surface area contributed by atoms with Crippen LogP contribution in [0, 0.1) is 30.5 Å². The summed E-state index contributed by atoms with van der Waals surface area (Å²) in [4.78, 5) is 56.2. The first-order valence-electron chi connectivity index (χ1n) is 19.5. The lowest BCUT2D eigenvalue weighted by Gasteiger charge is -2.41. The van der Waals surface area contributed by atoms with Crippen molar-refractivity contribution in [3.8, 4) is 0 Å². The van der Waals surface area contributed by atoms with Crippen LogP contribution in [0.5, 0.6) is 0 Å². The molecule has 1 saturated heterocycles. The lowest BCUT2D eigenvalue weighted by atomic mass is 9.74. The molecule has 2 aliphatic rings. The quantitative estimate of drug-likeness (QED) is 0.134. The maximum Gasteiger partial charge on any atom is 0.416 e. The fourth-order valence-electron chi connectivity index (χ4n) is 7.52. The Hall–Kier alpha value is -4.26. The smallest absolute Gasteiger partial charge is 0.354 e. The van der Waals surface area contributed by atoms with Crippen molar-refractivity contribution in [1.82, 2.24) is 26.6 Å². The Morgan fingerprint density at radius 2 is 1.53 bits per heavy atom. The zero-order valence-corrected chi connectivity index (χ0v) is 32.9. The molecule has 4 amide bonds. The molecule has 4 rings (SSSR count). The molecular formula is C42H57F4N5O4. The van der Waals surface area contributed by atoms with Gasteiger partial charge in [-0.25, -0.2) is 4.39 Å². The zero-order valence-electron chi connectivity index (χ0n) is 32.9. The number of hydrogen-bond donors (Lipinski definition) is 5. The lowest BCUT2D eigenvalue weighted by molar-refractivity contribution is -0.139. The maximum absolute atomic E-state index is 14.8. The largest absolute Gasteiger partial charge is 0.416 e. The van der Waals surface area contributed by atoms with Gasteiger partial charge in [0.1, 0.15) is 23.4 Å². The van der Waals surface area contributed by atoms with Gasteiger partial charge in [0.2, 0.25) is 23.6 Å². The SMILES string of the molecule is CCC(C)[C@H](NC(=O)Cc1ccccc1F)C(=O)N[C@]1(C(=O)N[C@H](C(=O)NCC2CCNCC2)C(C)CC)CCC(C)=C(c2cccc(C(F)(F)F)c2C)C1. The summed E-state index contributed by atoms with van der Waals surface area (Å²) < 4.78 is 56.7. The van der Waals surface area contributed by atoms with Crippen LogP contribution in [0.3, 0.4) is 0 Å². The Kier molecular flexibility index (Phi) is 15.1. The van der Waals surface area contributed by atoms with Gasteiger partial charge >= 0.3 is 6.18 Å². The van der Waals surface area contributed by atoms with E-state index in [1.165, 1.54) is 31.2 Å². The van der Waals surface area contributed by atoms with Crippen LogP contribution < -0.4 is 26.6 Å². The molecule has 1 fully saturated rings. The number of benzene rings is 2. The van der Waals surface area contributed by atoms with Crippen LogP contribution in [0.25, 0.3) is 5.57 Å². The van der Waals surface area contributed by atoms with Crippen LogP contribution in [0.4, 0.5) is 17.6 Å². The Labute approximate surface area is 322 Å². The summed E-state index contributed by atoms with van der Waals surface area (Å²) in [6, 6.07) is 7.69. The molecule has 0 saturated carbocycles. The molecule has 0 radical (unpaired) electrons. The molecule has 0 aromatic heterocycles. The second kappa shape index (κ2) is 19.1. The number of alkyl halides is 3. The van der Waals surface area contributed by atoms with Crippen molar-refractivity contribution in [3.63, 3.8) is 0 Å². The fraction of sp³-hybridized carbons (Fsp3) is 0.571. The van der Waals surface area contributed by atoms with E-state index in [-0.39, 0.29) is 48.6 Å². The van der Waals surface area contributed by atoms with Crippen LogP contribution in [0.2, 0.25) is 0 Å². The van der Waals surface area contributed by atoms with E-state index in [0.29, 0.717) is 36.4 Å². The van der Waals surface area contributed by atoms with Crippen LogP contribution in [-0.4, -0.2) is 60.9 Å². The first kappa shape index (κ1) is 43.5. The standard InChI is InChI=1S/C42H57F4N5O4/c1-7-25(3)36(38(53)48-24-29-17-20-47-21-18-29)50-40(55)41(19-16-27(5)32(23-41)31-13-11-14-33(28(31)6)42(44,45)46)51-39(54)37(26(4)8-2)49-35(52)22-30-12-9-10-15-34(30)43/h9-15,25-26,29,36-37,47H,7-8,16-24H2,1-6H3,(H,48,53)(H,49,52)(H,50,55)(H,51,54)/t25?,26?,36-,37-,41+/m0/s1. The summed E-state index contributed by atoms with van der Waals surface area (Å²) in [5.41, 5.74) is -0.767. The molecule has 1 heterocycles. The van der Waals surface area contributed by atoms with E-state index in [1.54, 1.807) is 26.0 Å². The predicted octanol–water partition coefficient (Wildman–Crippen LogP) is 6.39. The van der Waals surface area contributed by atoms with Crippen molar-refractivity contribution >= 4 is 29.2 Å². The van der Waals surface area contributed by atoms with Gasteiger partial charge in [-0.15, -0.1) is 0 Å². The molecule has 302 valence electrons. The van der Waals surface area contributed by atoms with Crippen LogP contribution in [-0.2, 0) is 31.8 Å². The minimum atomic E-state index is -4.61. The van der Waals surface area contributed by atoms with Gasteiger partial charge in [-0.2, -0.15) is 13.2 Å². The highest BCUT2D eigenvalue weighted by atomic mass is 19.4. The molecule has 1 aliphatic heterocycles. The average molecular weight is 772 g/mol. The van der Waals surface area contributed by atoms with Crippen LogP contribution in [0.15, 0.2) is 48.0 Å². The fourth-order valence-corrected chi connectivity index (χ4v) is 7.52. The van der Waals surface area contributed by atoms with Crippen molar-refractivity contribution < 1.29 is 36.7 Å². The van der Waals surface area contributed by atoms with Gasteiger partial charge in [0.05, 0.1) is 12.0 Å². The topological polar surface area (TPSA) is 128 Å². The Balaban J connectivity index is 1.71. The minimum Gasteiger partial charge on any atom is -0.354 e. The molecule has 55 heavy (non-hydrogen) atoms. The highest BCUT2D eigenvalue weighted by molar-refractivity contribution is 5.99. The van der Waals surface area contributed by atoms with Crippen molar-refractivity contribution in [2.75, 3.05) is 19.6 Å². The Morgan fingerprint density at radius 1 is 0.891 bits per heavy atom. The third kappa shape index (κ3) is 11.0. The van der Waals surface area contributed by atoms with E-state index >= 15 is 0 Å². The number of amides is 4. The monoisotopic (exact) mass is 771 g/mol. The summed E-state index contributed by atoms with van der Waals surface area (Å²) >= 11 is 0. The average Bonchev–Trinajstić information content (AvgIpc) is 3.16. The van der Waals surface area contributed by atoms with Crippen LogP contribution >= 0.6 is 0 Å². The molecule has 2 aromatic carbocycles. The lowest BCUT2D eigenvalue weighted by Crippen LogP contribution is -2.66. The van der Waals surface area contributed by atoms with E-state index in [0.717, 1.165) is 37.6 Å². The molecule has 5 N–H and O–H groups in total. The van der Waals surface area contributed by atoms with E-state index < -0.39 is 58.8 Å². The van der Waals surface area contributed by atoms with Crippen molar-refractivity contribution in [2.24, 2.45) is 17.8 Å². The molecular weight excluding hydrogens is 714 g/mol. The minimum absolute atomic E-state index is 0.000420. The number of allylic oxidation sites excluding steroid dienone is 1. The first-order valence-corrected chi connectivity index (χ1v) is 19.5. The van der Waals surface area contributed by atoms with Crippen molar-refractivity contribution in [2.45, 2.75) is 117 Å². The van der Waals surface area contributed by atoms with E-state index in [1.807, 2.05) is 20.8 Å². The van der Waals surface area contributed by atoms with Gasteiger partial charge in [-0.05, 0) is 105 Å². The van der Waals surface area contributed by atoms with Gasteiger partial charge in [0.25, 0.3) is 0 Å². The predicted molar refractivity (Wildman–Crippen MR) is 205 cm³/mol. The molecule has 13 heteroatoms. The Morgan fingerprint density at radius 3 is 2.15 bits per heavy atom. The molecule has 5 atom stereocenters. The first-order chi connectivity index (χ1) is 26.0. The van der Waals surface area contributed by atoms with Crippen molar-refractivity contribution in [1.29, 1.82) is 0 Å². The molecule has 0 spiro atoms. The third-order valence-corrected chi connectivity index (χ3v) is 11.6. The van der Waals surface area contributed by atoms with Gasteiger partial charge in [-0.3, -0.25) is 19.2 Å². The number of carbonyl (C=O) groups is 4. The van der Waals surface area contributed by atoms with E-state index in [2.05, 4.69) is 26.6 Å². The van der Waals surface area contributed by atoms with Gasteiger partial charge in [0.15, 0.2) is 0 Å². The molecule has 2 aromatic rings. The highest BCUT2D eigenvalue weighted by Crippen LogP contribution is 2.42. The molecule has 9 nitrogen and oxygen atoms in total. The molecule has 1 aliphatic carbocycles. The Bertz CT molecular complexity index is 1720. The number of carbonyl (C=O) groups excluding carboxylic acids is 4. The van der Waals surface area contributed by atoms with Gasteiger partial charge in [0, 0.05) is 13.0 Å². The van der Waals surface area contributed by atoms with E-state index in [9.17, 15) is 36.7 Å². The summed E-state index contributed by atoms with van der Waals surface area (Å²) in [7, 11) is 0.